The Kier molecular flexibility index (Phi) is 5.00. The first-order valence-electron chi connectivity index (χ1n) is 18.9. The van der Waals surface area contributed by atoms with Crippen molar-refractivity contribution in [2.24, 2.45) is 0 Å². The summed E-state index contributed by atoms with van der Waals surface area (Å²) in [6.45, 7) is 19.0. The van der Waals surface area contributed by atoms with Crippen molar-refractivity contribution < 1.29 is 9.47 Å². The van der Waals surface area contributed by atoms with E-state index in [2.05, 4.69) is 151 Å². The van der Waals surface area contributed by atoms with Crippen LogP contribution < -0.4 is 27.6 Å². The summed E-state index contributed by atoms with van der Waals surface area (Å²) >= 11 is -3.58. The third-order valence-electron chi connectivity index (χ3n) is 14.0. The second kappa shape index (κ2) is 8.72. The zero-order valence-corrected chi connectivity index (χ0v) is 33.4. The summed E-state index contributed by atoms with van der Waals surface area (Å²) in [7, 11) is 0. The van der Waals surface area contributed by atoms with Gasteiger partial charge >= 0.3 is 310 Å². The van der Waals surface area contributed by atoms with Gasteiger partial charge in [-0.25, -0.2) is 0 Å². The van der Waals surface area contributed by atoms with Gasteiger partial charge in [0.05, 0.1) is 0 Å². The van der Waals surface area contributed by atoms with Crippen LogP contribution in [0.25, 0.3) is 22.3 Å². The zero-order chi connectivity index (χ0) is 35.6. The van der Waals surface area contributed by atoms with Gasteiger partial charge in [0.2, 0.25) is 0 Å². The van der Waals surface area contributed by atoms with Gasteiger partial charge in [-0.1, -0.05) is 0 Å². The summed E-state index contributed by atoms with van der Waals surface area (Å²) in [5, 5.41) is 0. The fourth-order valence-electron chi connectivity index (χ4n) is 11.8. The molecule has 1 unspecified atom stereocenters. The van der Waals surface area contributed by atoms with Crippen LogP contribution in [0.15, 0.2) is 84.9 Å². The standard InChI is InChI=1S/C48H41GeNO2/c1-24-18-19-32-31(20-24)48(7,8)38-36-27-15-11-13-17-30(27)47(5,6)39(36)45-42-43(38)50(32)33-23-28-26-14-10-12-16-29(26)46(3,4)37(28)44-40(33)49(42,9)41-34(51-44)21-25(2)22-35(41)52-45/h10-23H,1-9H3. The SMILES string of the molecule is Cc1cc2[c]3c(c1)Oc1c4c(c5c6[c]1[Ge]3([CH3])[c]1c(cc3c(c1O2)C(C)(C)c1ccccc1-3)N6c1ccc(C)cc1C5(C)C)-c1ccccc1C4(C)C. The third-order valence-corrected chi connectivity index (χ3v) is 23.3. The quantitative estimate of drug-likeness (QED) is 0.145. The van der Waals surface area contributed by atoms with Crippen molar-refractivity contribution in [1.29, 1.82) is 0 Å². The van der Waals surface area contributed by atoms with Gasteiger partial charge in [0.15, 0.2) is 0 Å². The molecule has 2 aliphatic carbocycles. The number of anilines is 3. The van der Waals surface area contributed by atoms with E-state index in [1.807, 2.05) is 0 Å². The van der Waals surface area contributed by atoms with Gasteiger partial charge in [-0.3, -0.25) is 0 Å². The van der Waals surface area contributed by atoms with Gasteiger partial charge in [0.1, 0.15) is 0 Å². The van der Waals surface area contributed by atoms with E-state index in [9.17, 15) is 0 Å². The molecule has 52 heavy (non-hydrogen) atoms. The Balaban J connectivity index is 1.35. The van der Waals surface area contributed by atoms with Crippen LogP contribution in [0.4, 0.5) is 17.1 Å². The van der Waals surface area contributed by atoms with Gasteiger partial charge in [0.25, 0.3) is 0 Å². The molecule has 1 atom stereocenters. The third kappa shape index (κ3) is 2.99. The second-order valence-corrected chi connectivity index (χ2v) is 25.9. The van der Waals surface area contributed by atoms with E-state index in [1.165, 1.54) is 97.0 Å². The minimum absolute atomic E-state index is 0.209. The van der Waals surface area contributed by atoms with E-state index < -0.39 is 13.3 Å². The summed E-state index contributed by atoms with van der Waals surface area (Å²) in [5.74, 6) is 6.87. The maximum atomic E-state index is 7.48. The molecule has 6 aromatic carbocycles. The molecule has 6 aliphatic rings. The molecule has 4 heterocycles. The van der Waals surface area contributed by atoms with Crippen molar-refractivity contribution in [1.82, 2.24) is 0 Å². The summed E-state index contributed by atoms with van der Waals surface area (Å²) in [4.78, 5) is 2.67. The Morgan fingerprint density at radius 1 is 0.519 bits per heavy atom. The van der Waals surface area contributed by atoms with Crippen LogP contribution in [0.1, 0.15) is 86.1 Å². The van der Waals surface area contributed by atoms with Gasteiger partial charge < -0.3 is 0 Å². The summed E-state index contributed by atoms with van der Waals surface area (Å²) < 4.78 is 19.1. The molecular formula is C48H41GeNO2. The van der Waals surface area contributed by atoms with Crippen molar-refractivity contribution in [3.05, 3.63) is 129 Å². The molecule has 4 aliphatic heterocycles. The van der Waals surface area contributed by atoms with Crippen molar-refractivity contribution in [3.8, 4) is 45.3 Å². The number of hydrogen-bond donors (Lipinski definition) is 0. The fraction of sp³-hybridized carbons (Fsp3) is 0.250. The van der Waals surface area contributed by atoms with Crippen molar-refractivity contribution >= 4 is 43.5 Å². The topological polar surface area (TPSA) is 21.7 Å². The number of benzene rings is 6. The number of fused-ring (bicyclic) bond motifs is 12. The molecule has 0 saturated carbocycles. The molecule has 0 amide bonds. The molecule has 0 bridgehead atoms. The van der Waals surface area contributed by atoms with Crippen LogP contribution in [0.5, 0.6) is 23.0 Å². The van der Waals surface area contributed by atoms with Gasteiger partial charge in [0, 0.05) is 0 Å². The van der Waals surface area contributed by atoms with E-state index >= 15 is 0 Å². The van der Waals surface area contributed by atoms with Gasteiger partial charge in [-0.2, -0.15) is 0 Å². The molecule has 0 N–H and O–H groups in total. The van der Waals surface area contributed by atoms with E-state index in [-0.39, 0.29) is 16.2 Å². The predicted octanol–water partition coefficient (Wildman–Crippen LogP) is 10.6. The first-order chi connectivity index (χ1) is 24.8. The van der Waals surface area contributed by atoms with Crippen LogP contribution in [0.3, 0.4) is 0 Å². The molecule has 254 valence electrons. The average molecular weight is 736 g/mol. The number of hydrogen-bond acceptors (Lipinski definition) is 3. The molecule has 0 saturated heterocycles. The van der Waals surface area contributed by atoms with Crippen LogP contribution >= 0.6 is 0 Å². The fourth-order valence-corrected chi connectivity index (χ4v) is 21.6. The minimum atomic E-state index is -3.58. The van der Waals surface area contributed by atoms with Crippen LogP contribution in [-0.2, 0) is 16.2 Å². The first kappa shape index (κ1) is 29.8. The Bertz CT molecular complexity index is 2750. The van der Waals surface area contributed by atoms with E-state index in [0.29, 0.717) is 0 Å². The summed E-state index contributed by atoms with van der Waals surface area (Å²) in [6.07, 6.45) is 0. The van der Waals surface area contributed by atoms with E-state index in [0.717, 1.165) is 23.0 Å². The summed E-state index contributed by atoms with van der Waals surface area (Å²) in [5.41, 5.74) is 19.3. The molecule has 0 spiro atoms. The predicted molar refractivity (Wildman–Crippen MR) is 215 cm³/mol. The van der Waals surface area contributed by atoms with Gasteiger partial charge in [-0.05, 0) is 0 Å². The van der Waals surface area contributed by atoms with Crippen molar-refractivity contribution in [2.45, 2.75) is 77.4 Å². The van der Waals surface area contributed by atoms with Gasteiger partial charge in [-0.15, -0.1) is 0 Å². The Morgan fingerprint density at radius 3 is 1.83 bits per heavy atom. The molecule has 3 nitrogen and oxygen atoms in total. The Morgan fingerprint density at radius 2 is 1.12 bits per heavy atom. The van der Waals surface area contributed by atoms with Crippen LogP contribution in [-0.4, -0.2) is 13.3 Å². The van der Waals surface area contributed by atoms with Crippen LogP contribution in [0.2, 0.25) is 5.76 Å². The molecule has 0 radical (unpaired) electrons. The first-order valence-corrected chi connectivity index (χ1v) is 24.1. The number of rotatable bonds is 0. The molecule has 6 aromatic rings. The van der Waals surface area contributed by atoms with E-state index in [4.69, 9.17) is 9.47 Å². The number of aryl methyl sites for hydroxylation is 2. The second-order valence-electron chi connectivity index (χ2n) is 18.0. The van der Waals surface area contributed by atoms with Crippen molar-refractivity contribution in [2.75, 3.05) is 4.90 Å². The number of ether oxygens (including phenoxy) is 2. The number of nitrogens with zero attached hydrogens (tertiary/aromatic N) is 1. The summed E-state index contributed by atoms with van der Waals surface area (Å²) in [6, 6.07) is 32.5. The molecular weight excluding hydrogens is 695 g/mol. The molecule has 4 heteroatoms. The molecule has 0 fully saturated rings. The molecule has 12 rings (SSSR count). The molecule has 0 aromatic heterocycles. The zero-order valence-electron chi connectivity index (χ0n) is 31.3. The van der Waals surface area contributed by atoms with E-state index in [1.54, 1.807) is 0 Å². The van der Waals surface area contributed by atoms with Crippen LogP contribution in [0, 0.1) is 13.8 Å². The maximum absolute atomic E-state index is 7.48. The Labute approximate surface area is 308 Å². The normalized spacial score (nSPS) is 20.8. The average Bonchev–Trinajstić information content (AvgIpc) is 3.47. The monoisotopic (exact) mass is 737 g/mol. The van der Waals surface area contributed by atoms with Crippen molar-refractivity contribution in [3.63, 3.8) is 0 Å². The Hall–Kier alpha value is -4.74.